The summed E-state index contributed by atoms with van der Waals surface area (Å²) in [6, 6.07) is 1.80. The number of carbonyl (C=O) groups is 1. The van der Waals surface area contributed by atoms with Crippen LogP contribution < -0.4 is 10.6 Å². The molecule has 1 saturated heterocycles. The summed E-state index contributed by atoms with van der Waals surface area (Å²) in [6.45, 7) is 0.775. The number of aromatic nitrogens is 1. The van der Waals surface area contributed by atoms with Gasteiger partial charge in [-0.2, -0.15) is 13.2 Å². The van der Waals surface area contributed by atoms with Crippen LogP contribution in [0.1, 0.15) is 28.9 Å². The molecule has 116 valence electrons. The topological polar surface area (TPSA) is 79.5 Å². The fourth-order valence-corrected chi connectivity index (χ4v) is 2.45. The molecule has 0 spiro atoms. The molecule has 0 aliphatic carbocycles. The molecule has 1 aromatic rings. The molecule has 1 aliphatic rings. The molecule has 0 aromatic carbocycles. The molecular weight excluding hydrogens is 287 g/mol. The smallest absolute Gasteiger partial charge is 0.396 e. The van der Waals surface area contributed by atoms with Crippen molar-refractivity contribution in [3.63, 3.8) is 0 Å². The zero-order valence-electron chi connectivity index (χ0n) is 11.2. The van der Waals surface area contributed by atoms with Crippen LogP contribution in [0.2, 0.25) is 0 Å². The van der Waals surface area contributed by atoms with Crippen molar-refractivity contribution in [1.29, 1.82) is 0 Å². The summed E-state index contributed by atoms with van der Waals surface area (Å²) in [5.74, 6) is -0.927. The molecule has 0 bridgehead atoms. The molecule has 0 radical (unpaired) electrons. The van der Waals surface area contributed by atoms with E-state index in [-0.39, 0.29) is 23.9 Å². The molecular formula is C13H16F3N3O2. The maximum absolute atomic E-state index is 12.8. The average molecular weight is 303 g/mol. The largest absolute Gasteiger partial charge is 0.433 e. The number of aliphatic hydroxyl groups is 1. The number of hydrogen-bond donors (Lipinski definition) is 2. The quantitative estimate of drug-likeness (QED) is 0.885. The summed E-state index contributed by atoms with van der Waals surface area (Å²) in [6.07, 6.45) is -3.09. The molecule has 1 aliphatic heterocycles. The molecule has 1 aromatic heterocycles. The van der Waals surface area contributed by atoms with E-state index in [1.54, 1.807) is 4.90 Å². The number of nitrogens with two attached hydrogens (primary N) is 1. The number of carbonyl (C=O) groups excluding carboxylic acids is 1. The zero-order chi connectivity index (χ0) is 15.6. The van der Waals surface area contributed by atoms with Crippen molar-refractivity contribution in [3.05, 3.63) is 23.4 Å². The van der Waals surface area contributed by atoms with E-state index in [4.69, 9.17) is 5.73 Å². The summed E-state index contributed by atoms with van der Waals surface area (Å²) < 4.78 is 38.3. The predicted octanol–water partition coefficient (Wildman–Crippen LogP) is 1.41. The number of primary amides is 1. The van der Waals surface area contributed by atoms with Crippen molar-refractivity contribution in [3.8, 4) is 0 Å². The van der Waals surface area contributed by atoms with Crippen molar-refractivity contribution in [2.24, 2.45) is 11.7 Å². The van der Waals surface area contributed by atoms with E-state index >= 15 is 0 Å². The van der Waals surface area contributed by atoms with Crippen LogP contribution in [0.15, 0.2) is 12.1 Å². The van der Waals surface area contributed by atoms with E-state index in [1.165, 1.54) is 0 Å². The van der Waals surface area contributed by atoms with E-state index in [1.807, 2.05) is 0 Å². The van der Waals surface area contributed by atoms with Crippen LogP contribution in [0.3, 0.4) is 0 Å². The Morgan fingerprint density at radius 2 is 2.19 bits per heavy atom. The van der Waals surface area contributed by atoms with Gasteiger partial charge in [-0.1, -0.05) is 0 Å². The first kappa shape index (κ1) is 15.6. The highest BCUT2D eigenvalue weighted by molar-refractivity contribution is 5.97. The number of halogens is 3. The number of aliphatic hydroxyl groups excluding tert-OH is 1. The summed E-state index contributed by atoms with van der Waals surface area (Å²) in [5.41, 5.74) is 4.11. The first-order chi connectivity index (χ1) is 9.82. The van der Waals surface area contributed by atoms with Crippen LogP contribution in [0.25, 0.3) is 0 Å². The molecule has 0 saturated carbocycles. The van der Waals surface area contributed by atoms with Gasteiger partial charge in [-0.15, -0.1) is 0 Å². The Bertz CT molecular complexity index is 534. The van der Waals surface area contributed by atoms with Crippen molar-refractivity contribution < 1.29 is 23.1 Å². The third-order valence-corrected chi connectivity index (χ3v) is 3.51. The molecule has 1 unspecified atom stereocenters. The van der Waals surface area contributed by atoms with Crippen molar-refractivity contribution in [2.75, 3.05) is 24.6 Å². The van der Waals surface area contributed by atoms with Crippen molar-refractivity contribution in [2.45, 2.75) is 19.0 Å². The fourth-order valence-electron chi connectivity index (χ4n) is 2.45. The molecule has 1 fully saturated rings. The maximum Gasteiger partial charge on any atom is 0.433 e. The van der Waals surface area contributed by atoms with E-state index in [9.17, 15) is 23.1 Å². The molecule has 2 heterocycles. The van der Waals surface area contributed by atoms with Crippen LogP contribution in [0, 0.1) is 5.92 Å². The van der Waals surface area contributed by atoms with Crippen LogP contribution in [0.4, 0.5) is 19.0 Å². The Labute approximate surface area is 119 Å². The van der Waals surface area contributed by atoms with Gasteiger partial charge in [0.15, 0.2) is 0 Å². The van der Waals surface area contributed by atoms with Crippen LogP contribution in [0.5, 0.6) is 0 Å². The lowest BCUT2D eigenvalue weighted by molar-refractivity contribution is -0.141. The molecule has 3 N–H and O–H groups in total. The Balaban J connectivity index is 2.41. The zero-order valence-corrected chi connectivity index (χ0v) is 11.2. The highest BCUT2D eigenvalue weighted by Gasteiger charge is 2.34. The number of alkyl halides is 3. The van der Waals surface area contributed by atoms with Gasteiger partial charge in [0.25, 0.3) is 5.91 Å². The molecule has 8 heteroatoms. The fraction of sp³-hybridized carbons (Fsp3) is 0.538. The highest BCUT2D eigenvalue weighted by atomic mass is 19.4. The normalized spacial score (nSPS) is 19.6. The monoisotopic (exact) mass is 303 g/mol. The maximum atomic E-state index is 12.8. The first-order valence-corrected chi connectivity index (χ1v) is 6.56. The number of pyridine rings is 1. The number of piperidine rings is 1. The lowest BCUT2D eigenvalue weighted by Crippen LogP contribution is -2.39. The van der Waals surface area contributed by atoms with Gasteiger partial charge in [0.1, 0.15) is 11.5 Å². The summed E-state index contributed by atoms with van der Waals surface area (Å²) in [5, 5.41) is 9.20. The van der Waals surface area contributed by atoms with E-state index in [0.29, 0.717) is 19.5 Å². The summed E-state index contributed by atoms with van der Waals surface area (Å²) in [7, 11) is 0. The number of rotatable bonds is 3. The van der Waals surface area contributed by atoms with Crippen LogP contribution >= 0.6 is 0 Å². The van der Waals surface area contributed by atoms with Gasteiger partial charge in [-0.3, -0.25) is 4.79 Å². The second-order valence-corrected chi connectivity index (χ2v) is 5.07. The van der Waals surface area contributed by atoms with Gasteiger partial charge in [-0.25, -0.2) is 4.98 Å². The molecule has 1 amide bonds. The van der Waals surface area contributed by atoms with Crippen molar-refractivity contribution in [1.82, 2.24) is 4.98 Å². The molecule has 2 rings (SSSR count). The summed E-state index contributed by atoms with van der Waals surface area (Å²) >= 11 is 0. The number of anilines is 1. The third kappa shape index (κ3) is 3.44. The van der Waals surface area contributed by atoms with Gasteiger partial charge >= 0.3 is 6.18 Å². The number of amides is 1. The van der Waals surface area contributed by atoms with Crippen LogP contribution in [-0.2, 0) is 6.18 Å². The van der Waals surface area contributed by atoms with E-state index in [2.05, 4.69) is 4.98 Å². The minimum Gasteiger partial charge on any atom is -0.396 e. The lowest BCUT2D eigenvalue weighted by atomic mass is 9.98. The second kappa shape index (κ2) is 5.88. The number of nitrogens with zero attached hydrogens (tertiary/aromatic N) is 2. The SMILES string of the molecule is NC(=O)c1ccc(C(F)(F)F)nc1N1CCCC(CO)C1. The first-order valence-electron chi connectivity index (χ1n) is 6.56. The van der Waals surface area contributed by atoms with Gasteiger partial charge in [0, 0.05) is 19.7 Å². The molecule has 5 nitrogen and oxygen atoms in total. The van der Waals surface area contributed by atoms with E-state index < -0.39 is 17.8 Å². The standard InChI is InChI=1S/C13H16F3N3O2/c14-13(15,16)10-4-3-9(11(17)21)12(18-10)19-5-1-2-8(6-19)7-20/h3-4,8,20H,1-2,5-7H2,(H2,17,21). The summed E-state index contributed by atoms with van der Waals surface area (Å²) in [4.78, 5) is 16.6. The van der Waals surface area contributed by atoms with Crippen molar-refractivity contribution >= 4 is 11.7 Å². The Hall–Kier alpha value is -1.83. The molecule has 1 atom stereocenters. The predicted molar refractivity (Wildman–Crippen MR) is 69.8 cm³/mol. The van der Waals surface area contributed by atoms with Gasteiger partial charge in [0.05, 0.1) is 5.56 Å². The van der Waals surface area contributed by atoms with Gasteiger partial charge in [-0.05, 0) is 30.9 Å². The Morgan fingerprint density at radius 1 is 1.48 bits per heavy atom. The minimum atomic E-state index is -4.59. The Kier molecular flexibility index (Phi) is 4.36. The molecule has 21 heavy (non-hydrogen) atoms. The minimum absolute atomic E-state index is 0.0402. The number of hydrogen-bond acceptors (Lipinski definition) is 4. The second-order valence-electron chi connectivity index (χ2n) is 5.07. The van der Waals surface area contributed by atoms with E-state index in [0.717, 1.165) is 18.6 Å². The Morgan fingerprint density at radius 3 is 2.76 bits per heavy atom. The van der Waals surface area contributed by atoms with Gasteiger partial charge < -0.3 is 15.7 Å². The third-order valence-electron chi connectivity index (χ3n) is 3.51. The average Bonchev–Trinajstić information content (AvgIpc) is 2.45. The highest BCUT2D eigenvalue weighted by Crippen LogP contribution is 2.31. The van der Waals surface area contributed by atoms with Crippen LogP contribution in [-0.4, -0.2) is 35.7 Å². The lowest BCUT2D eigenvalue weighted by Gasteiger charge is -2.33. The van der Waals surface area contributed by atoms with Gasteiger partial charge in [0.2, 0.25) is 0 Å².